The van der Waals surface area contributed by atoms with Crippen LogP contribution in [0.15, 0.2) is 18.2 Å². The molecular formula is C14H22N2O4. The van der Waals surface area contributed by atoms with Crippen LogP contribution in [-0.2, 0) is 14.3 Å². The Morgan fingerprint density at radius 2 is 2.05 bits per heavy atom. The largest absolute Gasteiger partial charge is 0.494 e. The molecule has 2 atom stereocenters. The van der Waals surface area contributed by atoms with E-state index < -0.39 is 6.10 Å². The van der Waals surface area contributed by atoms with Crippen molar-refractivity contribution in [3.63, 3.8) is 0 Å². The molecule has 0 saturated heterocycles. The molecule has 0 saturated carbocycles. The lowest BCUT2D eigenvalue weighted by Gasteiger charge is -2.19. The van der Waals surface area contributed by atoms with Gasteiger partial charge in [0.1, 0.15) is 11.9 Å². The molecule has 0 heterocycles. The quantitative estimate of drug-likeness (QED) is 0.743. The van der Waals surface area contributed by atoms with Gasteiger partial charge < -0.3 is 25.3 Å². The van der Waals surface area contributed by atoms with Crippen molar-refractivity contribution in [1.29, 1.82) is 0 Å². The number of amides is 1. The number of ether oxygens (including phenoxy) is 3. The molecule has 20 heavy (non-hydrogen) atoms. The smallest absolute Gasteiger partial charge is 0.253 e. The molecule has 0 spiro atoms. The highest BCUT2D eigenvalue weighted by Crippen LogP contribution is 2.26. The number of nitrogens with one attached hydrogen (secondary N) is 1. The third kappa shape index (κ3) is 4.71. The standard InChI is InChI=1S/C14H22N2O4/c1-9(8-18-3)20-10(2)14(17)16-12-6-5-11(15)7-13(12)19-4/h5-7,9-10H,8,15H2,1-4H3,(H,16,17). The summed E-state index contributed by atoms with van der Waals surface area (Å²) in [5.74, 6) is 0.256. The Balaban J connectivity index is 2.66. The summed E-state index contributed by atoms with van der Waals surface area (Å²) in [5.41, 5.74) is 6.79. The third-order valence-electron chi connectivity index (χ3n) is 2.69. The first kappa shape index (κ1) is 16.3. The second-order valence-electron chi connectivity index (χ2n) is 4.49. The maximum Gasteiger partial charge on any atom is 0.253 e. The molecule has 1 aromatic carbocycles. The number of benzene rings is 1. The van der Waals surface area contributed by atoms with Gasteiger partial charge >= 0.3 is 0 Å². The number of hydrogen-bond acceptors (Lipinski definition) is 5. The SMILES string of the molecule is COCC(C)OC(C)C(=O)Nc1ccc(N)cc1OC. The summed E-state index contributed by atoms with van der Waals surface area (Å²) >= 11 is 0. The summed E-state index contributed by atoms with van der Waals surface area (Å²) in [7, 11) is 3.11. The van der Waals surface area contributed by atoms with E-state index >= 15 is 0 Å². The zero-order valence-electron chi connectivity index (χ0n) is 12.3. The first-order valence-corrected chi connectivity index (χ1v) is 6.36. The van der Waals surface area contributed by atoms with Crippen LogP contribution in [0, 0.1) is 0 Å². The second kappa shape index (κ2) is 7.72. The molecule has 6 heteroatoms. The molecule has 1 amide bonds. The maximum absolute atomic E-state index is 12.0. The van der Waals surface area contributed by atoms with Crippen LogP contribution in [0.4, 0.5) is 11.4 Å². The van der Waals surface area contributed by atoms with Crippen molar-refractivity contribution < 1.29 is 19.0 Å². The molecule has 0 aliphatic carbocycles. The fourth-order valence-electron chi connectivity index (χ4n) is 1.73. The van der Waals surface area contributed by atoms with Gasteiger partial charge in [0.05, 0.1) is 25.5 Å². The van der Waals surface area contributed by atoms with Gasteiger partial charge in [-0.25, -0.2) is 0 Å². The Bertz CT molecular complexity index is 451. The monoisotopic (exact) mass is 282 g/mol. The van der Waals surface area contributed by atoms with Crippen molar-refractivity contribution in [1.82, 2.24) is 0 Å². The lowest BCUT2D eigenvalue weighted by Crippen LogP contribution is -2.32. The highest BCUT2D eigenvalue weighted by Gasteiger charge is 2.18. The van der Waals surface area contributed by atoms with E-state index in [-0.39, 0.29) is 12.0 Å². The molecule has 0 aromatic heterocycles. The van der Waals surface area contributed by atoms with Crippen LogP contribution in [-0.4, -0.2) is 38.9 Å². The molecule has 0 aliphatic heterocycles. The molecule has 2 unspecified atom stereocenters. The maximum atomic E-state index is 12.0. The third-order valence-corrected chi connectivity index (χ3v) is 2.69. The summed E-state index contributed by atoms with van der Waals surface area (Å²) in [6.07, 6.45) is -0.753. The van der Waals surface area contributed by atoms with Gasteiger partial charge in [0, 0.05) is 18.9 Å². The molecule has 0 bridgehead atoms. The molecule has 6 nitrogen and oxygen atoms in total. The van der Waals surface area contributed by atoms with E-state index in [4.69, 9.17) is 19.9 Å². The van der Waals surface area contributed by atoms with Crippen molar-refractivity contribution in [2.45, 2.75) is 26.1 Å². The Kier molecular flexibility index (Phi) is 6.27. The van der Waals surface area contributed by atoms with Gasteiger partial charge in [0.25, 0.3) is 5.91 Å². The first-order chi connectivity index (χ1) is 9.47. The zero-order chi connectivity index (χ0) is 15.1. The molecule has 112 valence electrons. The van der Waals surface area contributed by atoms with E-state index in [2.05, 4.69) is 5.32 Å². The molecule has 1 aromatic rings. The molecule has 0 aliphatic rings. The van der Waals surface area contributed by atoms with Crippen molar-refractivity contribution in [2.75, 3.05) is 31.9 Å². The molecule has 3 N–H and O–H groups in total. The summed E-state index contributed by atoms with van der Waals surface area (Å²) in [5, 5.41) is 2.75. The minimum atomic E-state index is -0.595. The lowest BCUT2D eigenvalue weighted by atomic mass is 10.2. The van der Waals surface area contributed by atoms with Crippen LogP contribution in [0.1, 0.15) is 13.8 Å². The minimum absolute atomic E-state index is 0.158. The fraction of sp³-hybridized carbons (Fsp3) is 0.500. The van der Waals surface area contributed by atoms with Gasteiger partial charge in [-0.2, -0.15) is 0 Å². The average molecular weight is 282 g/mol. The number of carbonyl (C=O) groups is 1. The first-order valence-electron chi connectivity index (χ1n) is 6.36. The highest BCUT2D eigenvalue weighted by molar-refractivity contribution is 5.95. The van der Waals surface area contributed by atoms with Crippen molar-refractivity contribution in [3.05, 3.63) is 18.2 Å². The van der Waals surface area contributed by atoms with Gasteiger partial charge in [-0.3, -0.25) is 4.79 Å². The van der Waals surface area contributed by atoms with Crippen LogP contribution in [0.5, 0.6) is 5.75 Å². The van der Waals surface area contributed by atoms with Crippen molar-refractivity contribution in [3.8, 4) is 5.75 Å². The van der Waals surface area contributed by atoms with Crippen molar-refractivity contribution >= 4 is 17.3 Å². The summed E-state index contributed by atoms with van der Waals surface area (Å²) in [6, 6.07) is 5.03. The average Bonchev–Trinajstić information content (AvgIpc) is 2.40. The Hall–Kier alpha value is -1.79. The van der Waals surface area contributed by atoms with E-state index in [1.165, 1.54) is 7.11 Å². The van der Waals surface area contributed by atoms with Crippen LogP contribution < -0.4 is 15.8 Å². The summed E-state index contributed by atoms with van der Waals surface area (Å²) in [6.45, 7) is 3.96. The zero-order valence-corrected chi connectivity index (χ0v) is 12.3. The van der Waals surface area contributed by atoms with E-state index in [1.807, 2.05) is 6.92 Å². The van der Waals surface area contributed by atoms with Crippen LogP contribution in [0.3, 0.4) is 0 Å². The fourth-order valence-corrected chi connectivity index (χ4v) is 1.73. The van der Waals surface area contributed by atoms with E-state index in [1.54, 1.807) is 32.2 Å². The summed E-state index contributed by atoms with van der Waals surface area (Å²) < 4.78 is 15.7. The van der Waals surface area contributed by atoms with Gasteiger partial charge in [0.15, 0.2) is 0 Å². The van der Waals surface area contributed by atoms with Crippen molar-refractivity contribution in [2.24, 2.45) is 0 Å². The number of hydrogen-bond donors (Lipinski definition) is 2. The molecule has 0 radical (unpaired) electrons. The Morgan fingerprint density at radius 3 is 2.65 bits per heavy atom. The second-order valence-corrected chi connectivity index (χ2v) is 4.49. The predicted molar refractivity (Wildman–Crippen MR) is 77.9 cm³/mol. The molecular weight excluding hydrogens is 260 g/mol. The predicted octanol–water partition coefficient (Wildman–Crippen LogP) is 1.66. The van der Waals surface area contributed by atoms with Gasteiger partial charge in [-0.15, -0.1) is 0 Å². The van der Waals surface area contributed by atoms with E-state index in [0.717, 1.165) is 0 Å². The van der Waals surface area contributed by atoms with Crippen LogP contribution in [0.25, 0.3) is 0 Å². The number of anilines is 2. The number of rotatable bonds is 7. The Morgan fingerprint density at radius 1 is 1.35 bits per heavy atom. The molecule has 0 fully saturated rings. The topological polar surface area (TPSA) is 82.8 Å². The number of carbonyl (C=O) groups excluding carboxylic acids is 1. The Labute approximate surface area is 119 Å². The van der Waals surface area contributed by atoms with Gasteiger partial charge in [0.2, 0.25) is 0 Å². The van der Waals surface area contributed by atoms with E-state index in [9.17, 15) is 4.79 Å². The van der Waals surface area contributed by atoms with E-state index in [0.29, 0.717) is 23.7 Å². The normalized spacial score (nSPS) is 13.6. The van der Waals surface area contributed by atoms with Crippen LogP contribution >= 0.6 is 0 Å². The lowest BCUT2D eigenvalue weighted by molar-refractivity contribution is -0.131. The number of nitrogens with two attached hydrogens (primary N) is 1. The van der Waals surface area contributed by atoms with Gasteiger partial charge in [-0.1, -0.05) is 0 Å². The van der Waals surface area contributed by atoms with Crippen LogP contribution in [0.2, 0.25) is 0 Å². The van der Waals surface area contributed by atoms with Gasteiger partial charge in [-0.05, 0) is 26.0 Å². The highest BCUT2D eigenvalue weighted by atomic mass is 16.5. The minimum Gasteiger partial charge on any atom is -0.494 e. The number of methoxy groups -OCH3 is 2. The number of nitrogen functional groups attached to an aromatic ring is 1. The summed E-state index contributed by atoms with van der Waals surface area (Å²) in [4.78, 5) is 12.0. The molecule has 1 rings (SSSR count).